The molecule has 0 aromatic carbocycles. The van der Waals surface area contributed by atoms with Crippen molar-refractivity contribution in [1.29, 1.82) is 0 Å². The second-order valence-corrected chi connectivity index (χ2v) is 4.28. The summed E-state index contributed by atoms with van der Waals surface area (Å²) in [5, 5.41) is 6.86. The zero-order valence-electron chi connectivity index (χ0n) is 9.35. The topological polar surface area (TPSA) is 46.9 Å². The normalized spacial score (nSPS) is 15.5. The Labute approximate surface area is 95.3 Å². The summed E-state index contributed by atoms with van der Waals surface area (Å²) >= 11 is 0. The van der Waals surface area contributed by atoms with Crippen LogP contribution in [-0.4, -0.2) is 16.2 Å². The molecule has 86 valence electrons. The van der Waals surface area contributed by atoms with Crippen molar-refractivity contribution in [1.82, 2.24) is 15.1 Å². The first-order valence-electron chi connectivity index (χ1n) is 5.70. The lowest BCUT2D eigenvalue weighted by Gasteiger charge is -2.23. The molecule has 1 saturated carbocycles. The highest BCUT2D eigenvalue weighted by atomic mass is 16.1. The first kappa shape index (κ1) is 10.9. The minimum absolute atomic E-state index is 0.658. The number of hydrogen-bond donors (Lipinski definition) is 1. The van der Waals surface area contributed by atoms with E-state index in [0.29, 0.717) is 6.41 Å². The van der Waals surface area contributed by atoms with E-state index >= 15 is 0 Å². The lowest BCUT2D eigenvalue weighted by Crippen LogP contribution is -2.11. The molecule has 0 bridgehead atoms. The number of aromatic nitrogens is 2. The van der Waals surface area contributed by atoms with Crippen LogP contribution >= 0.6 is 0 Å². The molecule has 4 nitrogen and oxygen atoms in total. The molecule has 1 heterocycles. The van der Waals surface area contributed by atoms with Gasteiger partial charge in [-0.3, -0.25) is 9.48 Å². The standard InChI is InChI=1S/C12H17N3O/c1-10(13-9-16)5-6-15-8-12(7-14-15)11-3-2-4-11/h7-9,11H,1-6H2,(H,13,16). The van der Waals surface area contributed by atoms with Crippen molar-refractivity contribution in [2.24, 2.45) is 0 Å². The molecule has 0 radical (unpaired) electrons. The van der Waals surface area contributed by atoms with Gasteiger partial charge in [-0.2, -0.15) is 5.10 Å². The fourth-order valence-corrected chi connectivity index (χ4v) is 1.86. The van der Waals surface area contributed by atoms with Gasteiger partial charge < -0.3 is 5.32 Å². The number of nitrogens with zero attached hydrogens (tertiary/aromatic N) is 2. The van der Waals surface area contributed by atoms with E-state index < -0.39 is 0 Å². The van der Waals surface area contributed by atoms with Crippen LogP contribution in [0.4, 0.5) is 0 Å². The summed E-state index contributed by atoms with van der Waals surface area (Å²) in [4.78, 5) is 10.2. The molecule has 1 fully saturated rings. The number of amides is 1. The van der Waals surface area contributed by atoms with E-state index in [-0.39, 0.29) is 0 Å². The predicted molar refractivity (Wildman–Crippen MR) is 61.8 cm³/mol. The van der Waals surface area contributed by atoms with E-state index in [1.807, 2.05) is 10.9 Å². The summed E-state index contributed by atoms with van der Waals surface area (Å²) in [6.45, 7) is 4.52. The maximum atomic E-state index is 10.2. The fourth-order valence-electron chi connectivity index (χ4n) is 1.86. The van der Waals surface area contributed by atoms with E-state index in [2.05, 4.69) is 23.2 Å². The Hall–Kier alpha value is -1.58. The molecular formula is C12H17N3O. The van der Waals surface area contributed by atoms with Gasteiger partial charge in [0, 0.05) is 24.9 Å². The van der Waals surface area contributed by atoms with Crippen LogP contribution in [0.2, 0.25) is 0 Å². The molecule has 16 heavy (non-hydrogen) atoms. The summed E-state index contributed by atoms with van der Waals surface area (Å²) in [6.07, 6.45) is 9.39. The summed E-state index contributed by atoms with van der Waals surface area (Å²) in [7, 11) is 0. The smallest absolute Gasteiger partial charge is 0.211 e. The minimum Gasteiger partial charge on any atom is -0.333 e. The van der Waals surface area contributed by atoms with Crippen molar-refractivity contribution in [2.45, 2.75) is 38.1 Å². The molecule has 0 spiro atoms. The molecular weight excluding hydrogens is 202 g/mol. The van der Waals surface area contributed by atoms with Crippen LogP contribution < -0.4 is 5.32 Å². The lowest BCUT2D eigenvalue weighted by atomic mass is 9.81. The van der Waals surface area contributed by atoms with E-state index in [9.17, 15) is 4.79 Å². The van der Waals surface area contributed by atoms with Gasteiger partial charge in [0.1, 0.15) is 0 Å². The number of carbonyl (C=O) groups is 1. The SMILES string of the molecule is C=C(CCn1cc(C2CCC2)cn1)NC=O. The van der Waals surface area contributed by atoms with E-state index in [4.69, 9.17) is 0 Å². The third-order valence-corrected chi connectivity index (χ3v) is 3.14. The molecule has 1 aliphatic rings. The van der Waals surface area contributed by atoms with Gasteiger partial charge in [-0.25, -0.2) is 0 Å². The fraction of sp³-hybridized carbons (Fsp3) is 0.500. The largest absolute Gasteiger partial charge is 0.333 e. The van der Waals surface area contributed by atoms with Gasteiger partial charge in [0.05, 0.1) is 6.20 Å². The Balaban J connectivity index is 1.82. The minimum atomic E-state index is 0.658. The molecule has 2 rings (SSSR count). The molecule has 0 saturated heterocycles. The van der Waals surface area contributed by atoms with Gasteiger partial charge in [0.25, 0.3) is 0 Å². The van der Waals surface area contributed by atoms with Crippen molar-refractivity contribution in [3.63, 3.8) is 0 Å². The monoisotopic (exact) mass is 219 g/mol. The molecule has 4 heteroatoms. The third kappa shape index (κ3) is 2.51. The van der Waals surface area contributed by atoms with E-state index in [1.54, 1.807) is 0 Å². The number of carbonyl (C=O) groups excluding carboxylic acids is 1. The average Bonchev–Trinajstić information content (AvgIpc) is 2.61. The highest BCUT2D eigenvalue weighted by Crippen LogP contribution is 2.35. The molecule has 1 aromatic rings. The van der Waals surface area contributed by atoms with Crippen LogP contribution in [0.3, 0.4) is 0 Å². The Bertz CT molecular complexity index is 379. The Morgan fingerprint density at radius 1 is 1.69 bits per heavy atom. The van der Waals surface area contributed by atoms with Crippen molar-refractivity contribution in [3.8, 4) is 0 Å². The number of rotatable bonds is 6. The second kappa shape index (κ2) is 4.96. The quantitative estimate of drug-likeness (QED) is 0.742. The Morgan fingerprint density at radius 3 is 3.12 bits per heavy atom. The molecule has 0 aliphatic heterocycles. The van der Waals surface area contributed by atoms with Crippen molar-refractivity contribution in [3.05, 3.63) is 30.2 Å². The zero-order chi connectivity index (χ0) is 11.4. The molecule has 0 unspecified atom stereocenters. The molecule has 1 amide bonds. The van der Waals surface area contributed by atoms with Gasteiger partial charge >= 0.3 is 0 Å². The van der Waals surface area contributed by atoms with Crippen LogP contribution in [0.25, 0.3) is 0 Å². The van der Waals surface area contributed by atoms with Crippen LogP contribution in [0, 0.1) is 0 Å². The average molecular weight is 219 g/mol. The lowest BCUT2D eigenvalue weighted by molar-refractivity contribution is -0.109. The summed E-state index contributed by atoms with van der Waals surface area (Å²) in [5.41, 5.74) is 2.08. The van der Waals surface area contributed by atoms with Crippen molar-refractivity contribution >= 4 is 6.41 Å². The number of aryl methyl sites for hydroxylation is 1. The molecule has 1 N–H and O–H groups in total. The van der Waals surface area contributed by atoms with Crippen LogP contribution in [0.1, 0.15) is 37.2 Å². The Morgan fingerprint density at radius 2 is 2.50 bits per heavy atom. The number of hydrogen-bond acceptors (Lipinski definition) is 2. The van der Waals surface area contributed by atoms with Crippen molar-refractivity contribution < 1.29 is 4.79 Å². The molecule has 1 aromatic heterocycles. The maximum Gasteiger partial charge on any atom is 0.211 e. The highest BCUT2D eigenvalue weighted by Gasteiger charge is 2.20. The van der Waals surface area contributed by atoms with Crippen LogP contribution in [0.15, 0.2) is 24.7 Å². The predicted octanol–water partition coefficient (Wildman–Crippen LogP) is 1.80. The van der Waals surface area contributed by atoms with Gasteiger partial charge in [-0.15, -0.1) is 0 Å². The van der Waals surface area contributed by atoms with Crippen LogP contribution in [0.5, 0.6) is 0 Å². The number of allylic oxidation sites excluding steroid dienone is 1. The second-order valence-electron chi connectivity index (χ2n) is 4.28. The maximum absolute atomic E-state index is 10.2. The highest BCUT2D eigenvalue weighted by molar-refractivity contribution is 5.49. The number of nitrogens with one attached hydrogen (secondary N) is 1. The van der Waals surface area contributed by atoms with E-state index in [0.717, 1.165) is 24.6 Å². The van der Waals surface area contributed by atoms with Gasteiger partial charge in [-0.05, 0) is 24.3 Å². The summed E-state index contributed by atoms with van der Waals surface area (Å²) in [5.74, 6) is 0.727. The van der Waals surface area contributed by atoms with Gasteiger partial charge in [-0.1, -0.05) is 13.0 Å². The summed E-state index contributed by atoms with van der Waals surface area (Å²) < 4.78 is 1.92. The third-order valence-electron chi connectivity index (χ3n) is 3.14. The zero-order valence-corrected chi connectivity index (χ0v) is 9.35. The van der Waals surface area contributed by atoms with E-state index in [1.165, 1.54) is 24.8 Å². The Kier molecular flexibility index (Phi) is 3.39. The first-order chi connectivity index (χ1) is 7.79. The molecule has 1 aliphatic carbocycles. The summed E-state index contributed by atoms with van der Waals surface area (Å²) in [6, 6.07) is 0. The molecule has 0 atom stereocenters. The first-order valence-corrected chi connectivity index (χ1v) is 5.70. The van der Waals surface area contributed by atoms with Crippen LogP contribution in [-0.2, 0) is 11.3 Å². The van der Waals surface area contributed by atoms with Crippen molar-refractivity contribution in [2.75, 3.05) is 0 Å². The van der Waals surface area contributed by atoms with Gasteiger partial charge in [0.15, 0.2) is 0 Å². The van der Waals surface area contributed by atoms with Gasteiger partial charge in [0.2, 0.25) is 6.41 Å².